The molecule has 42 valence electrons. The fourth-order valence-electron chi connectivity index (χ4n) is 0.768. The van der Waals surface area contributed by atoms with Gasteiger partial charge in [-0.05, 0) is 12.8 Å². The van der Waals surface area contributed by atoms with Crippen LogP contribution in [0, 0.1) is 0 Å². The third-order valence-electron chi connectivity index (χ3n) is 1.40. The summed E-state index contributed by atoms with van der Waals surface area (Å²) in [6.07, 6.45) is 4.14. The van der Waals surface area contributed by atoms with E-state index in [4.69, 9.17) is 0 Å². The Bertz CT molecular complexity index is 164. The van der Waals surface area contributed by atoms with Gasteiger partial charge in [-0.1, -0.05) is 0 Å². The van der Waals surface area contributed by atoms with Crippen LogP contribution in [0.5, 0.6) is 0 Å². The summed E-state index contributed by atoms with van der Waals surface area (Å²) in [5, 5.41) is 6.59. The van der Waals surface area contributed by atoms with Crippen LogP contribution in [0.25, 0.3) is 0 Å². The first-order valence-electron chi connectivity index (χ1n) is 2.82. The van der Waals surface area contributed by atoms with Gasteiger partial charge in [-0.2, -0.15) is 5.10 Å². The molecule has 0 unspecified atom stereocenters. The van der Waals surface area contributed by atoms with Crippen molar-refractivity contribution in [3.8, 4) is 0 Å². The molecule has 3 heteroatoms. The zero-order valence-electron chi connectivity index (χ0n) is 4.46. The number of nitrogens with zero attached hydrogens (tertiary/aromatic N) is 2. The van der Waals surface area contributed by atoms with Gasteiger partial charge in [0.25, 0.3) is 0 Å². The average molecular weight is 109 g/mol. The maximum atomic E-state index is 4.01. The van der Waals surface area contributed by atoms with Crippen molar-refractivity contribution in [2.24, 2.45) is 0 Å². The molecule has 0 aliphatic heterocycles. The summed E-state index contributed by atoms with van der Waals surface area (Å²) in [5.74, 6) is 1.77. The van der Waals surface area contributed by atoms with Crippen molar-refractivity contribution < 1.29 is 0 Å². The number of hydrogen-bond acceptors (Lipinski definition) is 2. The number of rotatable bonds is 1. The first kappa shape index (κ1) is 4.06. The Balaban J connectivity index is 2.28. The third kappa shape index (κ3) is 0.510. The maximum absolute atomic E-state index is 4.01. The lowest BCUT2D eigenvalue weighted by molar-refractivity contribution is 0.934. The van der Waals surface area contributed by atoms with E-state index in [-0.39, 0.29) is 0 Å². The van der Waals surface area contributed by atoms with Crippen molar-refractivity contribution in [2.75, 3.05) is 0 Å². The second-order valence-electron chi connectivity index (χ2n) is 2.14. The molecule has 1 aliphatic carbocycles. The van der Waals surface area contributed by atoms with Crippen molar-refractivity contribution >= 4 is 0 Å². The number of aromatic nitrogens is 3. The first-order valence-corrected chi connectivity index (χ1v) is 2.82. The molecule has 1 fully saturated rings. The van der Waals surface area contributed by atoms with Crippen molar-refractivity contribution in [1.29, 1.82) is 0 Å². The van der Waals surface area contributed by atoms with Crippen molar-refractivity contribution in [3.05, 3.63) is 12.2 Å². The van der Waals surface area contributed by atoms with Crippen LogP contribution in [0.4, 0.5) is 0 Å². The lowest BCUT2D eigenvalue weighted by Gasteiger charge is -1.80. The Hall–Kier alpha value is -0.860. The molecule has 0 atom stereocenters. The van der Waals surface area contributed by atoms with Gasteiger partial charge < -0.3 is 0 Å². The van der Waals surface area contributed by atoms with E-state index in [0.717, 1.165) is 5.82 Å². The van der Waals surface area contributed by atoms with E-state index in [1.165, 1.54) is 12.8 Å². The van der Waals surface area contributed by atoms with E-state index >= 15 is 0 Å². The summed E-state index contributed by atoms with van der Waals surface area (Å²) in [5.41, 5.74) is 0. The highest BCUT2D eigenvalue weighted by atomic mass is 15.2. The minimum absolute atomic E-state index is 0.706. The third-order valence-corrected chi connectivity index (χ3v) is 1.40. The van der Waals surface area contributed by atoms with Gasteiger partial charge in [0.2, 0.25) is 0 Å². The molecule has 0 spiro atoms. The SMILES string of the molecule is c1n[nH]c(C2CC2)n1. The van der Waals surface area contributed by atoms with E-state index in [1.807, 2.05) is 0 Å². The van der Waals surface area contributed by atoms with Gasteiger partial charge >= 0.3 is 0 Å². The van der Waals surface area contributed by atoms with Gasteiger partial charge in [0, 0.05) is 5.92 Å². The zero-order chi connectivity index (χ0) is 5.40. The summed E-state index contributed by atoms with van der Waals surface area (Å²) in [4.78, 5) is 4.01. The molecule has 0 radical (unpaired) electrons. The molecule has 0 aromatic carbocycles. The quantitative estimate of drug-likeness (QED) is 0.576. The minimum Gasteiger partial charge on any atom is -0.263 e. The summed E-state index contributed by atoms with van der Waals surface area (Å²) >= 11 is 0. The molecular weight excluding hydrogens is 102 g/mol. The van der Waals surface area contributed by atoms with Crippen LogP contribution in [-0.2, 0) is 0 Å². The Morgan fingerprint density at radius 2 is 2.50 bits per heavy atom. The monoisotopic (exact) mass is 109 g/mol. The fraction of sp³-hybridized carbons (Fsp3) is 0.600. The highest BCUT2D eigenvalue weighted by Crippen LogP contribution is 2.37. The highest BCUT2D eigenvalue weighted by molar-refractivity contribution is 5.01. The molecule has 1 aromatic rings. The summed E-state index contributed by atoms with van der Waals surface area (Å²) in [6.45, 7) is 0. The highest BCUT2D eigenvalue weighted by Gasteiger charge is 2.25. The van der Waals surface area contributed by atoms with Crippen LogP contribution in [0.2, 0.25) is 0 Å². The molecule has 8 heavy (non-hydrogen) atoms. The molecule has 0 saturated heterocycles. The Morgan fingerprint density at radius 3 is 3.00 bits per heavy atom. The van der Waals surface area contributed by atoms with Crippen LogP contribution in [0.1, 0.15) is 24.6 Å². The van der Waals surface area contributed by atoms with Gasteiger partial charge in [-0.15, -0.1) is 0 Å². The van der Waals surface area contributed by atoms with E-state index in [1.54, 1.807) is 6.33 Å². The van der Waals surface area contributed by atoms with E-state index in [0.29, 0.717) is 5.92 Å². The minimum atomic E-state index is 0.706. The molecule has 1 N–H and O–H groups in total. The smallest absolute Gasteiger partial charge is 0.137 e. The van der Waals surface area contributed by atoms with Gasteiger partial charge in [0.05, 0.1) is 0 Å². The van der Waals surface area contributed by atoms with Crippen LogP contribution < -0.4 is 0 Å². The lowest BCUT2D eigenvalue weighted by Crippen LogP contribution is -1.79. The second-order valence-corrected chi connectivity index (χ2v) is 2.14. The topological polar surface area (TPSA) is 41.6 Å². The van der Waals surface area contributed by atoms with E-state index in [9.17, 15) is 0 Å². The van der Waals surface area contributed by atoms with Gasteiger partial charge in [-0.3, -0.25) is 5.10 Å². The van der Waals surface area contributed by atoms with Crippen molar-refractivity contribution in [3.63, 3.8) is 0 Å². The summed E-state index contributed by atoms with van der Waals surface area (Å²) in [7, 11) is 0. The Kier molecular flexibility index (Phi) is 0.664. The standard InChI is InChI=1S/C5H7N3/c1-2-4(1)5-6-3-7-8-5/h3-4H,1-2H2,(H,6,7,8). The average Bonchev–Trinajstić information content (AvgIpc) is 2.49. The van der Waals surface area contributed by atoms with E-state index < -0.39 is 0 Å². The van der Waals surface area contributed by atoms with Gasteiger partial charge in [0.1, 0.15) is 12.2 Å². The molecule has 1 heterocycles. The van der Waals surface area contributed by atoms with Crippen LogP contribution in [0.3, 0.4) is 0 Å². The molecule has 0 amide bonds. The normalized spacial score (nSPS) is 19.0. The first-order chi connectivity index (χ1) is 3.97. The maximum Gasteiger partial charge on any atom is 0.137 e. The molecule has 0 bridgehead atoms. The van der Waals surface area contributed by atoms with Gasteiger partial charge in [0.15, 0.2) is 0 Å². The fourth-order valence-corrected chi connectivity index (χ4v) is 0.768. The van der Waals surface area contributed by atoms with Crippen LogP contribution in [-0.4, -0.2) is 15.2 Å². The summed E-state index contributed by atoms with van der Waals surface area (Å²) in [6, 6.07) is 0. The van der Waals surface area contributed by atoms with Gasteiger partial charge in [-0.25, -0.2) is 4.98 Å². The molecule has 1 saturated carbocycles. The number of hydrogen-bond donors (Lipinski definition) is 1. The Labute approximate surface area is 47.1 Å². The summed E-state index contributed by atoms with van der Waals surface area (Å²) < 4.78 is 0. The largest absolute Gasteiger partial charge is 0.263 e. The number of H-pyrrole nitrogens is 1. The zero-order valence-corrected chi connectivity index (χ0v) is 4.46. The van der Waals surface area contributed by atoms with Crippen molar-refractivity contribution in [1.82, 2.24) is 15.2 Å². The van der Waals surface area contributed by atoms with Crippen molar-refractivity contribution in [2.45, 2.75) is 18.8 Å². The molecule has 3 nitrogen and oxygen atoms in total. The number of nitrogens with one attached hydrogen (secondary N) is 1. The van der Waals surface area contributed by atoms with Crippen LogP contribution in [0.15, 0.2) is 6.33 Å². The molecule has 1 aliphatic rings. The lowest BCUT2D eigenvalue weighted by atomic mass is 10.4. The molecular formula is C5H7N3. The predicted octanol–water partition coefficient (Wildman–Crippen LogP) is 0.682. The Morgan fingerprint density at radius 1 is 1.62 bits per heavy atom. The molecule has 2 rings (SSSR count). The van der Waals surface area contributed by atoms with E-state index in [2.05, 4.69) is 15.2 Å². The molecule has 1 aromatic heterocycles. The predicted molar refractivity (Wildman–Crippen MR) is 28.4 cm³/mol. The number of aromatic amines is 1. The second kappa shape index (κ2) is 1.31. The van der Waals surface area contributed by atoms with Crippen LogP contribution >= 0.6 is 0 Å².